The molecule has 0 aliphatic carbocycles. The molecule has 0 radical (unpaired) electrons. The van der Waals surface area contributed by atoms with Crippen LogP contribution in [0.25, 0.3) is 0 Å². The Labute approximate surface area is 185 Å². The number of rotatable bonds is 7. The molecule has 0 fully saturated rings. The molecule has 0 saturated carbocycles. The highest BCUT2D eigenvalue weighted by Gasteiger charge is 2.38. The molecule has 30 heavy (non-hydrogen) atoms. The number of ether oxygens (including phenoxy) is 2. The summed E-state index contributed by atoms with van der Waals surface area (Å²) in [6.45, 7) is 4.02. The largest absolute Gasteiger partial charge is 0.486 e. The van der Waals surface area contributed by atoms with Crippen molar-refractivity contribution < 1.29 is 19.1 Å². The number of nitrogens with zero attached hydrogens (tertiary/aromatic N) is 1. The highest BCUT2D eigenvalue weighted by molar-refractivity contribution is 6.32. The molecule has 3 rings (SSSR count). The molecule has 1 atom stereocenters. The van der Waals surface area contributed by atoms with E-state index in [2.05, 4.69) is 5.32 Å². The molecule has 6 nitrogen and oxygen atoms in total. The molecule has 1 N–H and O–H groups in total. The highest BCUT2D eigenvalue weighted by Crippen LogP contribution is 2.35. The number of likely N-dealkylation sites (N-methyl/N-ethyl adjacent to an activating group) is 1. The van der Waals surface area contributed by atoms with Crippen molar-refractivity contribution in [3.63, 3.8) is 0 Å². The molecule has 1 heterocycles. The van der Waals surface area contributed by atoms with Gasteiger partial charge in [-0.3, -0.25) is 4.90 Å². The Hall–Kier alpha value is -2.70. The summed E-state index contributed by atoms with van der Waals surface area (Å²) in [6.07, 6.45) is 0. The van der Waals surface area contributed by atoms with Crippen molar-refractivity contribution in [1.82, 2.24) is 10.2 Å². The number of carbonyl (C=O) groups is 2. The number of para-hydroxylation sites is 1. The molecule has 158 valence electrons. The van der Waals surface area contributed by atoms with Gasteiger partial charge in [-0.25, -0.2) is 9.59 Å². The Morgan fingerprint density at radius 3 is 2.37 bits per heavy atom. The van der Waals surface area contributed by atoms with Gasteiger partial charge in [0.1, 0.15) is 12.4 Å². The Morgan fingerprint density at radius 2 is 1.73 bits per heavy atom. The number of hydrogen-bond acceptors (Lipinski definition) is 4. The SMILES string of the molecule is CCOC(=O)C1=C(COc2ccccc2Cl)N(CC)C(=O)N[C@H]1c1ccccc1Cl. The summed E-state index contributed by atoms with van der Waals surface area (Å²) >= 11 is 12.6. The van der Waals surface area contributed by atoms with Crippen molar-refractivity contribution in [3.8, 4) is 5.75 Å². The maximum absolute atomic E-state index is 13.0. The lowest BCUT2D eigenvalue weighted by atomic mass is 9.94. The van der Waals surface area contributed by atoms with E-state index in [0.717, 1.165) is 0 Å². The Morgan fingerprint density at radius 1 is 1.07 bits per heavy atom. The Kier molecular flexibility index (Phi) is 7.24. The first-order valence-corrected chi connectivity index (χ1v) is 10.3. The van der Waals surface area contributed by atoms with Gasteiger partial charge in [-0.1, -0.05) is 53.5 Å². The first-order chi connectivity index (χ1) is 14.5. The molecule has 1 aliphatic rings. The predicted octanol–water partition coefficient (Wildman–Crippen LogP) is 4.98. The van der Waals surface area contributed by atoms with Crippen LogP contribution in [0.4, 0.5) is 4.79 Å². The van der Waals surface area contributed by atoms with Crippen molar-refractivity contribution in [2.24, 2.45) is 0 Å². The number of amides is 2. The van der Waals surface area contributed by atoms with Crippen molar-refractivity contribution >= 4 is 35.2 Å². The van der Waals surface area contributed by atoms with Gasteiger partial charge in [-0.2, -0.15) is 0 Å². The molecule has 0 spiro atoms. The van der Waals surface area contributed by atoms with E-state index in [-0.39, 0.29) is 24.8 Å². The molecule has 1 aliphatic heterocycles. The van der Waals surface area contributed by atoms with Gasteiger partial charge in [0, 0.05) is 11.6 Å². The third-order valence-corrected chi connectivity index (χ3v) is 5.32. The van der Waals surface area contributed by atoms with E-state index in [1.807, 2.05) is 6.92 Å². The van der Waals surface area contributed by atoms with Gasteiger partial charge in [0.15, 0.2) is 0 Å². The van der Waals surface area contributed by atoms with Crippen molar-refractivity contribution in [3.05, 3.63) is 75.4 Å². The second kappa shape index (κ2) is 9.87. The summed E-state index contributed by atoms with van der Waals surface area (Å²) in [5.74, 6) is -0.0927. The molecule has 2 amide bonds. The Bertz CT molecular complexity index is 977. The molecule has 0 unspecified atom stereocenters. The topological polar surface area (TPSA) is 67.9 Å². The van der Waals surface area contributed by atoms with Gasteiger partial charge in [-0.05, 0) is 37.6 Å². The van der Waals surface area contributed by atoms with Gasteiger partial charge in [0.25, 0.3) is 0 Å². The molecule has 0 saturated heterocycles. The van der Waals surface area contributed by atoms with Gasteiger partial charge in [0.05, 0.1) is 28.9 Å². The lowest BCUT2D eigenvalue weighted by Crippen LogP contribution is -2.49. The molecule has 0 aromatic heterocycles. The average molecular weight is 449 g/mol. The number of nitrogens with one attached hydrogen (secondary N) is 1. The van der Waals surface area contributed by atoms with E-state index in [1.165, 1.54) is 4.90 Å². The third kappa shape index (κ3) is 4.55. The molecule has 2 aromatic rings. The summed E-state index contributed by atoms with van der Waals surface area (Å²) in [5, 5.41) is 3.73. The number of hydrogen-bond donors (Lipinski definition) is 1. The normalized spacial score (nSPS) is 16.3. The van der Waals surface area contributed by atoms with E-state index in [9.17, 15) is 9.59 Å². The summed E-state index contributed by atoms with van der Waals surface area (Å²) in [5.41, 5.74) is 1.28. The molecule has 0 bridgehead atoms. The zero-order valence-electron chi connectivity index (χ0n) is 16.7. The van der Waals surface area contributed by atoms with Crippen molar-refractivity contribution in [2.75, 3.05) is 19.8 Å². The van der Waals surface area contributed by atoms with Crippen LogP contribution in [0.5, 0.6) is 5.75 Å². The standard InChI is InChI=1S/C22H22Cl2N2O4/c1-3-26-17(13-30-18-12-8-7-11-16(18)24)19(21(27)29-4-2)20(25-22(26)28)14-9-5-6-10-15(14)23/h5-12,20H,3-4,13H2,1-2H3,(H,25,28)/t20-/m0/s1. The lowest BCUT2D eigenvalue weighted by Gasteiger charge is -2.36. The quantitative estimate of drug-likeness (QED) is 0.606. The van der Waals surface area contributed by atoms with Crippen LogP contribution in [0, 0.1) is 0 Å². The predicted molar refractivity (Wildman–Crippen MR) is 116 cm³/mol. The summed E-state index contributed by atoms with van der Waals surface area (Å²) in [4.78, 5) is 27.3. The van der Waals surface area contributed by atoms with E-state index in [4.69, 9.17) is 32.7 Å². The zero-order chi connectivity index (χ0) is 21.7. The summed E-state index contributed by atoms with van der Waals surface area (Å²) < 4.78 is 11.2. The minimum absolute atomic E-state index is 0.0416. The van der Waals surface area contributed by atoms with Crippen molar-refractivity contribution in [1.29, 1.82) is 0 Å². The van der Waals surface area contributed by atoms with Crippen LogP contribution < -0.4 is 10.1 Å². The number of carbonyl (C=O) groups excluding carboxylic acids is 2. The van der Waals surface area contributed by atoms with Crippen LogP contribution in [-0.4, -0.2) is 36.7 Å². The highest BCUT2D eigenvalue weighted by atomic mass is 35.5. The smallest absolute Gasteiger partial charge is 0.338 e. The summed E-state index contributed by atoms with van der Waals surface area (Å²) in [6, 6.07) is 12.9. The number of halogens is 2. The fourth-order valence-corrected chi connectivity index (χ4v) is 3.73. The van der Waals surface area contributed by atoms with Crippen LogP contribution in [0.2, 0.25) is 10.0 Å². The van der Waals surface area contributed by atoms with Crippen LogP contribution in [0.15, 0.2) is 59.8 Å². The number of esters is 1. The van der Waals surface area contributed by atoms with Gasteiger partial charge in [-0.15, -0.1) is 0 Å². The van der Waals surface area contributed by atoms with Gasteiger partial charge >= 0.3 is 12.0 Å². The van der Waals surface area contributed by atoms with Crippen LogP contribution in [0.1, 0.15) is 25.5 Å². The number of urea groups is 1. The van der Waals surface area contributed by atoms with Crippen LogP contribution >= 0.6 is 23.2 Å². The second-order valence-electron chi connectivity index (χ2n) is 6.45. The first-order valence-electron chi connectivity index (χ1n) is 9.57. The Balaban J connectivity index is 2.10. The molecular formula is C22H22Cl2N2O4. The zero-order valence-corrected chi connectivity index (χ0v) is 18.2. The fraction of sp³-hybridized carbons (Fsp3) is 0.273. The molecule has 2 aromatic carbocycles. The van der Waals surface area contributed by atoms with E-state index >= 15 is 0 Å². The fourth-order valence-electron chi connectivity index (χ4n) is 3.29. The van der Waals surface area contributed by atoms with E-state index in [1.54, 1.807) is 55.5 Å². The minimum Gasteiger partial charge on any atom is -0.486 e. The minimum atomic E-state index is -0.766. The monoisotopic (exact) mass is 448 g/mol. The van der Waals surface area contributed by atoms with Gasteiger partial charge in [0.2, 0.25) is 0 Å². The van der Waals surface area contributed by atoms with Crippen LogP contribution in [-0.2, 0) is 9.53 Å². The molecule has 8 heteroatoms. The van der Waals surface area contributed by atoms with Crippen LogP contribution in [0.3, 0.4) is 0 Å². The van der Waals surface area contributed by atoms with Crippen molar-refractivity contribution in [2.45, 2.75) is 19.9 Å². The lowest BCUT2D eigenvalue weighted by molar-refractivity contribution is -0.139. The third-order valence-electron chi connectivity index (χ3n) is 4.67. The summed E-state index contributed by atoms with van der Waals surface area (Å²) in [7, 11) is 0. The first kappa shape index (κ1) is 22.0. The maximum atomic E-state index is 13.0. The maximum Gasteiger partial charge on any atom is 0.338 e. The number of benzene rings is 2. The second-order valence-corrected chi connectivity index (χ2v) is 7.26. The average Bonchev–Trinajstić information content (AvgIpc) is 2.73. The van der Waals surface area contributed by atoms with Gasteiger partial charge < -0.3 is 14.8 Å². The van der Waals surface area contributed by atoms with E-state index < -0.39 is 12.0 Å². The van der Waals surface area contributed by atoms with E-state index in [0.29, 0.717) is 33.6 Å². The molecular weight excluding hydrogens is 427 g/mol.